The molecule has 0 bridgehead atoms. The number of halogens is 2. The van der Waals surface area contributed by atoms with Crippen LogP contribution in [0.15, 0.2) is 27.1 Å². The van der Waals surface area contributed by atoms with Gasteiger partial charge in [0.25, 0.3) is 0 Å². The van der Waals surface area contributed by atoms with E-state index < -0.39 is 0 Å². The fourth-order valence-corrected chi connectivity index (χ4v) is 2.36. The van der Waals surface area contributed by atoms with Crippen LogP contribution < -0.4 is 0 Å². The molecule has 0 heterocycles. The number of hydrogen-bond donors (Lipinski definition) is 1. The molecule has 0 aromatic heterocycles. The van der Waals surface area contributed by atoms with Gasteiger partial charge in [-0.15, -0.1) is 0 Å². The maximum absolute atomic E-state index is 8.77. The molecule has 0 aliphatic heterocycles. The van der Waals surface area contributed by atoms with Crippen LogP contribution in [0.5, 0.6) is 0 Å². The number of hydrogen-bond acceptors (Lipinski definition) is 2. The molecule has 0 unspecified atom stereocenters. The second-order valence-electron chi connectivity index (χ2n) is 3.20. The molecule has 1 aromatic rings. The van der Waals surface area contributed by atoms with Crippen LogP contribution in [0.4, 0.5) is 0 Å². The van der Waals surface area contributed by atoms with Gasteiger partial charge in [0.1, 0.15) is 0 Å². The summed E-state index contributed by atoms with van der Waals surface area (Å²) < 4.78 is 2.16. The van der Waals surface area contributed by atoms with E-state index in [1.165, 1.54) is 5.56 Å². The second-order valence-corrected chi connectivity index (χ2v) is 4.97. The summed E-state index contributed by atoms with van der Waals surface area (Å²) in [5.74, 6) is 0. The van der Waals surface area contributed by atoms with Crippen LogP contribution in [-0.2, 0) is 6.54 Å². The molecule has 0 saturated carbocycles. The van der Waals surface area contributed by atoms with Gasteiger partial charge in [-0.05, 0) is 24.7 Å². The Morgan fingerprint density at radius 3 is 2.64 bits per heavy atom. The van der Waals surface area contributed by atoms with Crippen LogP contribution in [-0.4, -0.2) is 30.2 Å². The van der Waals surface area contributed by atoms with Gasteiger partial charge in [-0.1, -0.05) is 37.9 Å². The van der Waals surface area contributed by atoms with Crippen LogP contribution in [0.3, 0.4) is 0 Å². The number of rotatable bonds is 4. The molecule has 0 radical (unpaired) electrons. The first-order chi connectivity index (χ1) is 6.63. The molecule has 0 amide bonds. The first-order valence-corrected chi connectivity index (χ1v) is 5.95. The van der Waals surface area contributed by atoms with Crippen molar-refractivity contribution in [2.24, 2.45) is 0 Å². The molecule has 1 rings (SSSR count). The first kappa shape index (κ1) is 12.2. The SMILES string of the molecule is CN(CCO)Cc1ccc(Br)cc1Br. The monoisotopic (exact) mass is 321 g/mol. The number of benzene rings is 1. The molecule has 14 heavy (non-hydrogen) atoms. The second kappa shape index (κ2) is 5.85. The molecule has 0 saturated heterocycles. The van der Waals surface area contributed by atoms with Gasteiger partial charge in [-0.25, -0.2) is 0 Å². The van der Waals surface area contributed by atoms with Gasteiger partial charge in [-0.3, -0.25) is 4.90 Å². The lowest BCUT2D eigenvalue weighted by atomic mass is 10.2. The van der Waals surface area contributed by atoms with Crippen molar-refractivity contribution in [3.05, 3.63) is 32.7 Å². The highest BCUT2D eigenvalue weighted by Crippen LogP contribution is 2.22. The molecule has 0 aliphatic rings. The molecule has 0 atom stereocenters. The third-order valence-electron chi connectivity index (χ3n) is 1.94. The summed E-state index contributed by atoms with van der Waals surface area (Å²) in [7, 11) is 1.99. The van der Waals surface area contributed by atoms with Gasteiger partial charge in [0, 0.05) is 22.0 Å². The lowest BCUT2D eigenvalue weighted by Gasteiger charge is -2.16. The largest absolute Gasteiger partial charge is 0.395 e. The minimum Gasteiger partial charge on any atom is -0.395 e. The van der Waals surface area contributed by atoms with Crippen molar-refractivity contribution >= 4 is 31.9 Å². The summed E-state index contributed by atoms with van der Waals surface area (Å²) in [4.78, 5) is 2.08. The van der Waals surface area contributed by atoms with E-state index in [2.05, 4.69) is 42.8 Å². The average molecular weight is 323 g/mol. The summed E-state index contributed by atoms with van der Waals surface area (Å²) in [6.07, 6.45) is 0. The van der Waals surface area contributed by atoms with Gasteiger partial charge in [0.05, 0.1) is 6.61 Å². The normalized spacial score (nSPS) is 10.9. The Labute approximate surface area is 101 Å². The molecule has 1 aromatic carbocycles. The van der Waals surface area contributed by atoms with Crippen LogP contribution in [0.25, 0.3) is 0 Å². The quantitative estimate of drug-likeness (QED) is 0.921. The number of likely N-dealkylation sites (N-methyl/N-ethyl adjacent to an activating group) is 1. The van der Waals surface area contributed by atoms with Crippen LogP contribution >= 0.6 is 31.9 Å². The van der Waals surface area contributed by atoms with Crippen molar-refractivity contribution < 1.29 is 5.11 Å². The third kappa shape index (κ3) is 3.69. The van der Waals surface area contributed by atoms with Gasteiger partial charge in [-0.2, -0.15) is 0 Å². The van der Waals surface area contributed by atoms with E-state index in [9.17, 15) is 0 Å². The molecule has 4 heteroatoms. The van der Waals surface area contributed by atoms with Crippen LogP contribution in [0.2, 0.25) is 0 Å². The third-order valence-corrected chi connectivity index (χ3v) is 3.17. The zero-order chi connectivity index (χ0) is 10.6. The van der Waals surface area contributed by atoms with E-state index in [-0.39, 0.29) is 6.61 Å². The zero-order valence-corrected chi connectivity index (χ0v) is 11.2. The maximum Gasteiger partial charge on any atom is 0.0558 e. The summed E-state index contributed by atoms with van der Waals surface area (Å²) >= 11 is 6.92. The van der Waals surface area contributed by atoms with Gasteiger partial charge in [0.2, 0.25) is 0 Å². The van der Waals surface area contributed by atoms with E-state index in [1.54, 1.807) is 0 Å². The van der Waals surface area contributed by atoms with Gasteiger partial charge >= 0.3 is 0 Å². The molecule has 1 N–H and O–H groups in total. The highest BCUT2D eigenvalue weighted by atomic mass is 79.9. The summed E-state index contributed by atoms with van der Waals surface area (Å²) in [6.45, 7) is 1.74. The highest BCUT2D eigenvalue weighted by Gasteiger charge is 2.03. The zero-order valence-electron chi connectivity index (χ0n) is 8.00. The Kier molecular flexibility index (Phi) is 5.09. The smallest absolute Gasteiger partial charge is 0.0558 e. The highest BCUT2D eigenvalue weighted by molar-refractivity contribution is 9.11. The van der Waals surface area contributed by atoms with Crippen molar-refractivity contribution in [3.63, 3.8) is 0 Å². The van der Waals surface area contributed by atoms with E-state index in [0.29, 0.717) is 6.54 Å². The molecular formula is C10H13Br2NO. The Hall–Kier alpha value is 0.1000. The predicted octanol–water partition coefficient (Wildman–Crippen LogP) is 2.64. The standard InChI is InChI=1S/C10H13Br2NO/c1-13(4-5-14)7-8-2-3-9(11)6-10(8)12/h2-3,6,14H,4-5,7H2,1H3. The summed E-state index contributed by atoms with van der Waals surface area (Å²) in [5, 5.41) is 8.77. The van der Waals surface area contributed by atoms with Crippen molar-refractivity contribution in [3.8, 4) is 0 Å². The van der Waals surface area contributed by atoms with Crippen molar-refractivity contribution in [1.29, 1.82) is 0 Å². The fraction of sp³-hybridized carbons (Fsp3) is 0.400. The Morgan fingerprint density at radius 1 is 1.36 bits per heavy atom. The predicted molar refractivity (Wildman–Crippen MR) is 65.3 cm³/mol. The van der Waals surface area contributed by atoms with Gasteiger partial charge < -0.3 is 5.11 Å². The number of aliphatic hydroxyl groups is 1. The van der Waals surface area contributed by atoms with Crippen LogP contribution in [0.1, 0.15) is 5.56 Å². The van der Waals surface area contributed by atoms with E-state index in [1.807, 2.05) is 19.2 Å². The molecule has 0 fully saturated rings. The van der Waals surface area contributed by atoms with Gasteiger partial charge in [0.15, 0.2) is 0 Å². The lowest BCUT2D eigenvalue weighted by molar-refractivity contribution is 0.217. The number of aliphatic hydroxyl groups excluding tert-OH is 1. The summed E-state index contributed by atoms with van der Waals surface area (Å²) in [5.41, 5.74) is 1.23. The summed E-state index contributed by atoms with van der Waals surface area (Å²) in [6, 6.07) is 6.12. The van der Waals surface area contributed by atoms with E-state index in [4.69, 9.17) is 5.11 Å². The average Bonchev–Trinajstić information content (AvgIpc) is 2.10. The van der Waals surface area contributed by atoms with Crippen molar-refractivity contribution in [1.82, 2.24) is 4.90 Å². The minimum absolute atomic E-state index is 0.199. The van der Waals surface area contributed by atoms with E-state index >= 15 is 0 Å². The molecule has 78 valence electrons. The van der Waals surface area contributed by atoms with Crippen molar-refractivity contribution in [2.45, 2.75) is 6.54 Å². The first-order valence-electron chi connectivity index (χ1n) is 4.37. The molecule has 2 nitrogen and oxygen atoms in total. The Morgan fingerprint density at radius 2 is 2.07 bits per heavy atom. The Bertz CT molecular complexity index is 304. The Balaban J connectivity index is 2.67. The van der Waals surface area contributed by atoms with Crippen molar-refractivity contribution in [2.75, 3.05) is 20.2 Å². The lowest BCUT2D eigenvalue weighted by Crippen LogP contribution is -2.21. The molecular weight excluding hydrogens is 310 g/mol. The maximum atomic E-state index is 8.77. The van der Waals surface area contributed by atoms with Crippen LogP contribution in [0, 0.1) is 0 Å². The fourth-order valence-electron chi connectivity index (χ4n) is 1.19. The van der Waals surface area contributed by atoms with E-state index in [0.717, 1.165) is 15.5 Å². The number of nitrogens with zero attached hydrogens (tertiary/aromatic N) is 1. The molecule has 0 aliphatic carbocycles. The minimum atomic E-state index is 0.199. The molecule has 0 spiro atoms. The topological polar surface area (TPSA) is 23.5 Å².